The summed E-state index contributed by atoms with van der Waals surface area (Å²) in [4.78, 5) is 24.1. The quantitative estimate of drug-likeness (QED) is 0.663. The van der Waals surface area contributed by atoms with Crippen LogP contribution in [0.5, 0.6) is 5.75 Å². The zero-order chi connectivity index (χ0) is 21.5. The predicted molar refractivity (Wildman–Crippen MR) is 111 cm³/mol. The number of benzene rings is 1. The number of carbonyl (C=O) groups is 2. The number of hydrogen-bond donors (Lipinski definition) is 1. The number of amides is 1. The van der Waals surface area contributed by atoms with Crippen molar-refractivity contribution < 1.29 is 23.6 Å². The Morgan fingerprint density at radius 2 is 1.90 bits per heavy atom. The van der Waals surface area contributed by atoms with Gasteiger partial charge in [0.25, 0.3) is 5.91 Å². The minimum atomic E-state index is -0.425. The number of aromatic nitrogens is 1. The van der Waals surface area contributed by atoms with Gasteiger partial charge in [-0.05, 0) is 50.3 Å². The molecule has 1 amide bonds. The lowest BCUT2D eigenvalue weighted by atomic mass is 9.86. The lowest BCUT2D eigenvalue weighted by Gasteiger charge is -2.29. The highest BCUT2D eigenvalue weighted by atomic mass is 16.5. The highest BCUT2D eigenvalue weighted by Gasteiger charge is 2.23. The average Bonchev–Trinajstić information content (AvgIpc) is 3.05. The van der Waals surface area contributed by atoms with Gasteiger partial charge >= 0.3 is 5.97 Å². The molecule has 30 heavy (non-hydrogen) atoms. The standard InChI is InChI=1S/C23H30N2O5/c1-15-6-4-5-7-21(15)24-22(26)14-29-23(27)12-18-8-10-19(11-9-18)28-13-20-16(2)25-30-17(20)3/h8-11,15,21H,4-7,12-14H2,1-3H3,(H,24,26)/t15-,21+/m0/s1. The lowest BCUT2D eigenvalue weighted by molar-refractivity contribution is -0.148. The van der Waals surface area contributed by atoms with E-state index in [0.717, 1.165) is 41.8 Å². The Hall–Kier alpha value is -2.83. The molecule has 1 aromatic carbocycles. The molecule has 162 valence electrons. The molecule has 1 aliphatic carbocycles. The maximum absolute atomic E-state index is 12.1. The molecule has 0 saturated heterocycles. The second-order valence-corrected chi connectivity index (χ2v) is 8.01. The fourth-order valence-electron chi connectivity index (χ4n) is 3.71. The van der Waals surface area contributed by atoms with Gasteiger partial charge in [0.15, 0.2) is 6.61 Å². The summed E-state index contributed by atoms with van der Waals surface area (Å²) in [5, 5.41) is 6.89. The monoisotopic (exact) mass is 414 g/mol. The van der Waals surface area contributed by atoms with Crippen molar-refractivity contribution in [2.24, 2.45) is 5.92 Å². The van der Waals surface area contributed by atoms with Gasteiger partial charge in [0.05, 0.1) is 17.7 Å². The molecule has 7 nitrogen and oxygen atoms in total. The van der Waals surface area contributed by atoms with Gasteiger partial charge in [0.2, 0.25) is 0 Å². The predicted octanol–water partition coefficient (Wildman–Crippen LogP) is 3.65. The molecule has 1 heterocycles. The minimum Gasteiger partial charge on any atom is -0.489 e. The van der Waals surface area contributed by atoms with Crippen LogP contribution < -0.4 is 10.1 Å². The number of aryl methyl sites for hydroxylation is 2. The molecule has 1 saturated carbocycles. The molecule has 1 fully saturated rings. The third-order valence-corrected chi connectivity index (χ3v) is 5.66. The maximum Gasteiger partial charge on any atom is 0.310 e. The van der Waals surface area contributed by atoms with Crippen molar-refractivity contribution in [3.05, 3.63) is 46.8 Å². The first-order chi connectivity index (χ1) is 14.4. The van der Waals surface area contributed by atoms with Crippen molar-refractivity contribution in [1.82, 2.24) is 10.5 Å². The van der Waals surface area contributed by atoms with Crippen LogP contribution in [0.1, 0.15) is 55.2 Å². The zero-order valence-corrected chi connectivity index (χ0v) is 17.9. The largest absolute Gasteiger partial charge is 0.489 e. The maximum atomic E-state index is 12.1. The second-order valence-electron chi connectivity index (χ2n) is 8.01. The van der Waals surface area contributed by atoms with Crippen molar-refractivity contribution in [2.45, 2.75) is 65.5 Å². The summed E-state index contributed by atoms with van der Waals surface area (Å²) in [6, 6.07) is 7.42. The first-order valence-electron chi connectivity index (χ1n) is 10.5. The molecule has 1 aliphatic rings. The Morgan fingerprint density at radius 1 is 1.17 bits per heavy atom. The molecular weight excluding hydrogens is 384 g/mol. The van der Waals surface area contributed by atoms with Crippen molar-refractivity contribution >= 4 is 11.9 Å². The molecule has 7 heteroatoms. The number of nitrogens with zero attached hydrogens (tertiary/aromatic N) is 1. The first-order valence-corrected chi connectivity index (χ1v) is 10.5. The van der Waals surface area contributed by atoms with Crippen molar-refractivity contribution in [3.63, 3.8) is 0 Å². The summed E-state index contributed by atoms with van der Waals surface area (Å²) < 4.78 is 16.0. The summed E-state index contributed by atoms with van der Waals surface area (Å²) in [6.07, 6.45) is 4.57. The summed E-state index contributed by atoms with van der Waals surface area (Å²) >= 11 is 0. The van der Waals surface area contributed by atoms with Crippen LogP contribution in [0.3, 0.4) is 0 Å². The molecule has 0 spiro atoms. The second kappa shape index (κ2) is 10.3. The van der Waals surface area contributed by atoms with E-state index in [9.17, 15) is 9.59 Å². The van der Waals surface area contributed by atoms with E-state index in [0.29, 0.717) is 18.3 Å². The highest BCUT2D eigenvalue weighted by molar-refractivity contribution is 5.81. The van der Waals surface area contributed by atoms with Crippen LogP contribution in [-0.2, 0) is 27.4 Å². The van der Waals surface area contributed by atoms with Crippen LogP contribution in [-0.4, -0.2) is 29.7 Å². The van der Waals surface area contributed by atoms with Crippen LogP contribution in [0.4, 0.5) is 0 Å². The Labute approximate surface area is 177 Å². The van der Waals surface area contributed by atoms with Crippen LogP contribution in [0.2, 0.25) is 0 Å². The lowest BCUT2D eigenvalue weighted by Crippen LogP contribution is -2.42. The van der Waals surface area contributed by atoms with Gasteiger partial charge in [-0.25, -0.2) is 0 Å². The number of rotatable bonds is 8. The van der Waals surface area contributed by atoms with Gasteiger partial charge < -0.3 is 19.3 Å². The number of ether oxygens (including phenoxy) is 2. The van der Waals surface area contributed by atoms with Crippen molar-refractivity contribution in [2.75, 3.05) is 6.61 Å². The molecule has 2 aromatic rings. The molecule has 1 N–H and O–H groups in total. The third-order valence-electron chi connectivity index (χ3n) is 5.66. The van der Waals surface area contributed by atoms with Gasteiger partial charge in [-0.2, -0.15) is 0 Å². The molecule has 1 aromatic heterocycles. The molecule has 0 aliphatic heterocycles. The van der Waals surface area contributed by atoms with Gasteiger partial charge in [-0.3, -0.25) is 9.59 Å². The van der Waals surface area contributed by atoms with Crippen LogP contribution in [0.15, 0.2) is 28.8 Å². The summed E-state index contributed by atoms with van der Waals surface area (Å²) in [5.74, 6) is 1.25. The Kier molecular flexibility index (Phi) is 7.49. The van der Waals surface area contributed by atoms with Crippen molar-refractivity contribution in [3.8, 4) is 5.75 Å². The first kappa shape index (κ1) is 21.9. The van der Waals surface area contributed by atoms with Gasteiger partial charge in [-0.1, -0.05) is 37.1 Å². The zero-order valence-electron chi connectivity index (χ0n) is 17.9. The average molecular weight is 415 g/mol. The number of carbonyl (C=O) groups excluding carboxylic acids is 2. The molecule has 0 radical (unpaired) electrons. The fraction of sp³-hybridized carbons (Fsp3) is 0.522. The van der Waals surface area contributed by atoms with Gasteiger partial charge in [-0.15, -0.1) is 0 Å². The fourth-order valence-corrected chi connectivity index (χ4v) is 3.71. The van der Waals surface area contributed by atoms with E-state index < -0.39 is 5.97 Å². The Bertz CT molecular complexity index is 839. The highest BCUT2D eigenvalue weighted by Crippen LogP contribution is 2.23. The molecule has 0 bridgehead atoms. The number of nitrogens with one attached hydrogen (secondary N) is 1. The number of esters is 1. The molecular formula is C23H30N2O5. The van der Waals surface area contributed by atoms with E-state index in [1.54, 1.807) is 12.1 Å². The Balaban J connectivity index is 1.40. The topological polar surface area (TPSA) is 90.7 Å². The summed E-state index contributed by atoms with van der Waals surface area (Å²) in [7, 11) is 0. The van der Waals surface area contributed by atoms with E-state index >= 15 is 0 Å². The molecule has 0 unspecified atom stereocenters. The van der Waals surface area contributed by atoms with E-state index in [1.165, 1.54) is 6.42 Å². The van der Waals surface area contributed by atoms with Gasteiger partial charge in [0.1, 0.15) is 18.1 Å². The van der Waals surface area contributed by atoms with Crippen LogP contribution in [0, 0.1) is 19.8 Å². The van der Waals surface area contributed by atoms with E-state index in [4.69, 9.17) is 14.0 Å². The van der Waals surface area contributed by atoms with E-state index in [2.05, 4.69) is 17.4 Å². The smallest absolute Gasteiger partial charge is 0.310 e. The van der Waals surface area contributed by atoms with E-state index in [1.807, 2.05) is 26.0 Å². The van der Waals surface area contributed by atoms with Crippen LogP contribution >= 0.6 is 0 Å². The third kappa shape index (κ3) is 6.08. The summed E-state index contributed by atoms with van der Waals surface area (Å²) in [5.41, 5.74) is 2.54. The Morgan fingerprint density at radius 3 is 2.57 bits per heavy atom. The SMILES string of the molecule is Cc1noc(C)c1COc1ccc(CC(=O)OCC(=O)N[C@@H]2CCCC[C@@H]2C)cc1. The minimum absolute atomic E-state index is 0.108. The normalized spacial score (nSPS) is 18.6. The van der Waals surface area contributed by atoms with Gasteiger partial charge in [0, 0.05) is 6.04 Å². The molecule has 3 rings (SSSR count). The van der Waals surface area contributed by atoms with Crippen LogP contribution in [0.25, 0.3) is 0 Å². The summed E-state index contributed by atoms with van der Waals surface area (Å²) in [6.45, 7) is 6.01. The van der Waals surface area contributed by atoms with Crippen molar-refractivity contribution in [1.29, 1.82) is 0 Å². The van der Waals surface area contributed by atoms with E-state index in [-0.39, 0.29) is 25.0 Å². The number of hydrogen-bond acceptors (Lipinski definition) is 6. The molecule has 2 atom stereocenters.